The number of amides is 1. The summed E-state index contributed by atoms with van der Waals surface area (Å²) in [6.45, 7) is 1.73. The number of ether oxygens (including phenoxy) is 1. The fourth-order valence-corrected chi connectivity index (χ4v) is 2.63. The van der Waals surface area contributed by atoms with Gasteiger partial charge in [-0.1, -0.05) is 12.1 Å². The molecule has 128 valence electrons. The largest absolute Gasteiger partial charge is 0.494 e. The second-order valence-electron chi connectivity index (χ2n) is 5.16. The molecular formula is C16H17FN2O4S. The Kier molecular flexibility index (Phi) is 5.20. The average Bonchev–Trinajstić information content (AvgIpc) is 2.54. The van der Waals surface area contributed by atoms with E-state index < -0.39 is 27.8 Å². The lowest BCUT2D eigenvalue weighted by atomic mass is 10.1. The molecule has 0 aliphatic heterocycles. The monoisotopic (exact) mass is 352 g/mol. The van der Waals surface area contributed by atoms with Crippen LogP contribution in [-0.4, -0.2) is 21.4 Å². The van der Waals surface area contributed by atoms with Gasteiger partial charge >= 0.3 is 0 Å². The highest BCUT2D eigenvalue weighted by molar-refractivity contribution is 7.89. The number of primary sulfonamides is 1. The van der Waals surface area contributed by atoms with Gasteiger partial charge in [0.2, 0.25) is 10.0 Å². The lowest BCUT2D eigenvalue weighted by Crippen LogP contribution is -2.26. The van der Waals surface area contributed by atoms with E-state index in [1.807, 2.05) is 0 Å². The minimum absolute atomic E-state index is 0.0120. The zero-order valence-corrected chi connectivity index (χ0v) is 13.9. The molecule has 0 fully saturated rings. The van der Waals surface area contributed by atoms with Gasteiger partial charge < -0.3 is 10.1 Å². The molecule has 0 spiro atoms. The Labute approximate surface area is 139 Å². The van der Waals surface area contributed by atoms with Crippen molar-refractivity contribution in [1.82, 2.24) is 5.32 Å². The Balaban J connectivity index is 2.12. The van der Waals surface area contributed by atoms with E-state index in [9.17, 15) is 17.6 Å². The van der Waals surface area contributed by atoms with E-state index in [1.165, 1.54) is 31.4 Å². The Morgan fingerprint density at radius 3 is 2.33 bits per heavy atom. The number of rotatable bonds is 5. The molecule has 3 N–H and O–H groups in total. The molecule has 0 radical (unpaired) electrons. The highest BCUT2D eigenvalue weighted by atomic mass is 32.2. The van der Waals surface area contributed by atoms with E-state index in [1.54, 1.807) is 19.1 Å². The topological polar surface area (TPSA) is 98.5 Å². The van der Waals surface area contributed by atoms with Crippen molar-refractivity contribution in [3.8, 4) is 5.75 Å². The number of halogens is 1. The lowest BCUT2D eigenvalue weighted by molar-refractivity contribution is 0.0939. The van der Waals surface area contributed by atoms with Crippen LogP contribution in [0.5, 0.6) is 5.75 Å². The normalized spacial score (nSPS) is 12.5. The molecule has 1 atom stereocenters. The highest BCUT2D eigenvalue weighted by Crippen LogP contribution is 2.19. The Morgan fingerprint density at radius 2 is 1.83 bits per heavy atom. The highest BCUT2D eigenvalue weighted by Gasteiger charge is 2.15. The quantitative estimate of drug-likeness (QED) is 0.859. The summed E-state index contributed by atoms with van der Waals surface area (Å²) in [6.07, 6.45) is 0. The summed E-state index contributed by atoms with van der Waals surface area (Å²) in [5.74, 6) is -1.03. The molecule has 2 rings (SSSR count). The summed E-state index contributed by atoms with van der Waals surface area (Å²) in [6, 6.07) is 9.34. The first-order chi connectivity index (χ1) is 11.2. The van der Waals surface area contributed by atoms with E-state index >= 15 is 0 Å². The van der Waals surface area contributed by atoms with Crippen LogP contribution in [0.1, 0.15) is 28.9 Å². The van der Waals surface area contributed by atoms with Gasteiger partial charge in [0, 0.05) is 5.56 Å². The maximum atomic E-state index is 13.7. The molecule has 0 bridgehead atoms. The maximum absolute atomic E-state index is 13.7. The zero-order chi connectivity index (χ0) is 17.9. The molecule has 0 unspecified atom stereocenters. The summed E-state index contributed by atoms with van der Waals surface area (Å²) in [5, 5.41) is 7.74. The Morgan fingerprint density at radius 1 is 1.21 bits per heavy atom. The van der Waals surface area contributed by atoms with Gasteiger partial charge in [0.1, 0.15) is 0 Å². The molecule has 0 saturated carbocycles. The van der Waals surface area contributed by atoms with E-state index in [2.05, 4.69) is 5.32 Å². The molecular weight excluding hydrogens is 335 g/mol. The van der Waals surface area contributed by atoms with Crippen molar-refractivity contribution in [2.24, 2.45) is 5.14 Å². The van der Waals surface area contributed by atoms with Gasteiger partial charge in [0.25, 0.3) is 5.91 Å². The third kappa shape index (κ3) is 4.09. The van der Waals surface area contributed by atoms with Crippen LogP contribution >= 0.6 is 0 Å². The number of carbonyl (C=O) groups excluding carboxylic acids is 1. The SMILES string of the molecule is COc1ccc(C(=O)N[C@H](C)c2ccc(S(N)(=O)=O)cc2)cc1F. The molecule has 0 heterocycles. The molecule has 0 aliphatic carbocycles. The van der Waals surface area contributed by atoms with Crippen LogP contribution in [0.15, 0.2) is 47.4 Å². The number of methoxy groups -OCH3 is 1. The molecule has 0 aliphatic rings. The average molecular weight is 352 g/mol. The zero-order valence-electron chi connectivity index (χ0n) is 13.1. The van der Waals surface area contributed by atoms with Crippen LogP contribution in [0.2, 0.25) is 0 Å². The molecule has 0 saturated heterocycles. The van der Waals surface area contributed by atoms with Gasteiger partial charge in [0.15, 0.2) is 11.6 Å². The fourth-order valence-electron chi connectivity index (χ4n) is 2.12. The second kappa shape index (κ2) is 6.98. The third-order valence-electron chi connectivity index (χ3n) is 3.47. The minimum atomic E-state index is -3.76. The Hall–Kier alpha value is -2.45. The summed E-state index contributed by atoms with van der Waals surface area (Å²) in [7, 11) is -2.42. The fraction of sp³-hybridized carbons (Fsp3) is 0.188. The van der Waals surface area contributed by atoms with Crippen molar-refractivity contribution in [1.29, 1.82) is 0 Å². The van der Waals surface area contributed by atoms with Gasteiger partial charge in [-0.05, 0) is 42.8 Å². The first-order valence-electron chi connectivity index (χ1n) is 6.99. The second-order valence-corrected chi connectivity index (χ2v) is 6.72. The van der Waals surface area contributed by atoms with Crippen molar-refractivity contribution >= 4 is 15.9 Å². The Bertz CT molecular complexity index is 851. The summed E-state index contributed by atoms with van der Waals surface area (Å²) in [4.78, 5) is 12.2. The first-order valence-corrected chi connectivity index (χ1v) is 8.54. The van der Waals surface area contributed by atoms with Crippen LogP contribution < -0.4 is 15.2 Å². The lowest BCUT2D eigenvalue weighted by Gasteiger charge is -2.15. The predicted molar refractivity (Wildman–Crippen MR) is 86.6 cm³/mol. The standard InChI is InChI=1S/C16H17FN2O4S/c1-10(11-3-6-13(7-4-11)24(18,21)22)19-16(20)12-5-8-15(23-2)14(17)9-12/h3-10H,1-2H3,(H,19,20)(H2,18,21,22)/t10-/m1/s1. The van der Waals surface area contributed by atoms with E-state index in [-0.39, 0.29) is 16.2 Å². The molecule has 6 nitrogen and oxygen atoms in total. The van der Waals surface area contributed by atoms with Crippen LogP contribution in [-0.2, 0) is 10.0 Å². The molecule has 1 amide bonds. The number of sulfonamides is 1. The van der Waals surface area contributed by atoms with Gasteiger partial charge in [-0.2, -0.15) is 0 Å². The first kappa shape index (κ1) is 17.9. The van der Waals surface area contributed by atoms with Gasteiger partial charge in [0.05, 0.1) is 18.0 Å². The van der Waals surface area contributed by atoms with Crippen LogP contribution in [0.4, 0.5) is 4.39 Å². The summed E-state index contributed by atoms with van der Waals surface area (Å²) in [5.41, 5.74) is 0.839. The van der Waals surface area contributed by atoms with Crippen molar-refractivity contribution < 1.29 is 22.3 Å². The van der Waals surface area contributed by atoms with Crippen LogP contribution in [0.3, 0.4) is 0 Å². The van der Waals surface area contributed by atoms with E-state index in [0.717, 1.165) is 6.07 Å². The van der Waals surface area contributed by atoms with Gasteiger partial charge in [-0.15, -0.1) is 0 Å². The molecule has 8 heteroatoms. The predicted octanol–water partition coefficient (Wildman–Crippen LogP) is 1.97. The summed E-state index contributed by atoms with van der Waals surface area (Å²) >= 11 is 0. The smallest absolute Gasteiger partial charge is 0.251 e. The van der Waals surface area contributed by atoms with E-state index in [0.29, 0.717) is 5.56 Å². The van der Waals surface area contributed by atoms with Crippen molar-refractivity contribution in [2.45, 2.75) is 17.9 Å². The van der Waals surface area contributed by atoms with Crippen molar-refractivity contribution in [3.63, 3.8) is 0 Å². The third-order valence-corrected chi connectivity index (χ3v) is 4.40. The van der Waals surface area contributed by atoms with Gasteiger partial charge in [-0.3, -0.25) is 4.79 Å². The maximum Gasteiger partial charge on any atom is 0.251 e. The minimum Gasteiger partial charge on any atom is -0.494 e. The number of nitrogens with one attached hydrogen (secondary N) is 1. The number of hydrogen-bond donors (Lipinski definition) is 2. The molecule has 0 aromatic heterocycles. The van der Waals surface area contributed by atoms with Crippen molar-refractivity contribution in [2.75, 3.05) is 7.11 Å². The molecule has 2 aromatic carbocycles. The van der Waals surface area contributed by atoms with Gasteiger partial charge in [-0.25, -0.2) is 17.9 Å². The van der Waals surface area contributed by atoms with Crippen LogP contribution in [0, 0.1) is 5.82 Å². The number of benzene rings is 2. The number of carbonyl (C=O) groups is 1. The summed E-state index contributed by atoms with van der Waals surface area (Å²) < 4.78 is 40.9. The molecule has 24 heavy (non-hydrogen) atoms. The van der Waals surface area contributed by atoms with Crippen molar-refractivity contribution in [3.05, 3.63) is 59.4 Å². The number of nitrogens with two attached hydrogens (primary N) is 1. The van der Waals surface area contributed by atoms with Crippen LogP contribution in [0.25, 0.3) is 0 Å². The number of hydrogen-bond acceptors (Lipinski definition) is 4. The molecule has 2 aromatic rings. The van der Waals surface area contributed by atoms with E-state index in [4.69, 9.17) is 9.88 Å².